The zero-order chi connectivity index (χ0) is 12.3. The predicted octanol–water partition coefficient (Wildman–Crippen LogP) is 1.72. The molecule has 0 saturated heterocycles. The van der Waals surface area contributed by atoms with Crippen LogP contribution in [-0.4, -0.2) is 23.7 Å². The Kier molecular flexibility index (Phi) is 3.64. The molecule has 1 amide bonds. The van der Waals surface area contributed by atoms with Gasteiger partial charge >= 0.3 is 0 Å². The molecule has 4 heteroatoms. The fourth-order valence-electron chi connectivity index (χ4n) is 1.79. The van der Waals surface area contributed by atoms with Crippen molar-refractivity contribution >= 4 is 11.6 Å². The first-order chi connectivity index (χ1) is 8.15. The van der Waals surface area contributed by atoms with Crippen molar-refractivity contribution in [2.45, 2.75) is 32.3 Å². The molecule has 0 bridgehead atoms. The molecule has 4 nitrogen and oxygen atoms in total. The molecule has 0 aromatic heterocycles. The van der Waals surface area contributed by atoms with Crippen LogP contribution in [0.3, 0.4) is 0 Å². The Morgan fingerprint density at radius 3 is 3.06 bits per heavy atom. The van der Waals surface area contributed by atoms with Crippen molar-refractivity contribution in [3.63, 3.8) is 0 Å². The number of aliphatic hydroxyl groups is 1. The number of aryl methyl sites for hydroxylation is 1. The summed E-state index contributed by atoms with van der Waals surface area (Å²) in [6.45, 7) is 2.21. The third kappa shape index (κ3) is 3.20. The molecule has 1 atom stereocenters. The minimum Gasteiger partial charge on any atom is -0.493 e. The number of ether oxygens (including phenoxy) is 1. The van der Waals surface area contributed by atoms with E-state index in [1.807, 2.05) is 18.2 Å². The average molecular weight is 235 g/mol. The van der Waals surface area contributed by atoms with E-state index in [4.69, 9.17) is 9.84 Å². The van der Waals surface area contributed by atoms with Gasteiger partial charge in [0.1, 0.15) is 5.75 Å². The molecule has 1 aliphatic rings. The first-order valence-corrected chi connectivity index (χ1v) is 5.89. The largest absolute Gasteiger partial charge is 0.493 e. The molecule has 92 valence electrons. The van der Waals surface area contributed by atoms with Gasteiger partial charge in [-0.1, -0.05) is 6.07 Å². The van der Waals surface area contributed by atoms with E-state index in [1.54, 1.807) is 6.92 Å². The number of fused-ring (bicyclic) bond motifs is 1. The minimum atomic E-state index is -0.354. The lowest BCUT2D eigenvalue weighted by Crippen LogP contribution is -2.18. The number of benzene rings is 1. The maximum atomic E-state index is 11.3. The molecule has 0 fully saturated rings. The van der Waals surface area contributed by atoms with Crippen molar-refractivity contribution < 1.29 is 14.6 Å². The maximum absolute atomic E-state index is 11.3. The average Bonchev–Trinajstić information content (AvgIpc) is 2.28. The normalized spacial score (nSPS) is 16.0. The highest BCUT2D eigenvalue weighted by atomic mass is 16.5. The van der Waals surface area contributed by atoms with Gasteiger partial charge in [-0.3, -0.25) is 4.79 Å². The third-order valence-corrected chi connectivity index (χ3v) is 2.78. The molecule has 1 heterocycles. The van der Waals surface area contributed by atoms with E-state index in [2.05, 4.69) is 5.32 Å². The number of aliphatic hydroxyl groups excluding tert-OH is 1. The van der Waals surface area contributed by atoms with Crippen LogP contribution in [0.4, 0.5) is 5.69 Å². The predicted molar refractivity (Wildman–Crippen MR) is 65.2 cm³/mol. The lowest BCUT2D eigenvalue weighted by atomic mass is 10.0. The third-order valence-electron chi connectivity index (χ3n) is 2.78. The number of hydrogen-bond acceptors (Lipinski definition) is 3. The van der Waals surface area contributed by atoms with Crippen LogP contribution < -0.4 is 10.1 Å². The van der Waals surface area contributed by atoms with Gasteiger partial charge in [-0.25, -0.2) is 0 Å². The lowest BCUT2D eigenvalue weighted by Gasteiger charge is -2.17. The quantitative estimate of drug-likeness (QED) is 0.835. The van der Waals surface area contributed by atoms with E-state index >= 15 is 0 Å². The zero-order valence-corrected chi connectivity index (χ0v) is 9.90. The summed E-state index contributed by atoms with van der Waals surface area (Å²) in [6, 6.07) is 5.72. The first kappa shape index (κ1) is 11.9. The summed E-state index contributed by atoms with van der Waals surface area (Å²) >= 11 is 0. The molecule has 2 rings (SSSR count). The first-order valence-electron chi connectivity index (χ1n) is 5.89. The highest BCUT2D eigenvalue weighted by Gasteiger charge is 2.14. The highest BCUT2D eigenvalue weighted by Crippen LogP contribution is 2.27. The van der Waals surface area contributed by atoms with Gasteiger partial charge in [0.2, 0.25) is 5.91 Å². The molecule has 0 saturated carbocycles. The Labute approximate surface area is 101 Å². The zero-order valence-electron chi connectivity index (χ0n) is 9.90. The van der Waals surface area contributed by atoms with Gasteiger partial charge in [-0.2, -0.15) is 0 Å². The molecular weight excluding hydrogens is 218 g/mol. The summed E-state index contributed by atoms with van der Waals surface area (Å²) in [5.41, 5.74) is 1.99. The fraction of sp³-hybridized carbons (Fsp3) is 0.462. The van der Waals surface area contributed by atoms with E-state index in [-0.39, 0.29) is 12.0 Å². The second-order valence-electron chi connectivity index (χ2n) is 4.35. The van der Waals surface area contributed by atoms with Crippen LogP contribution in [0.1, 0.15) is 25.3 Å². The van der Waals surface area contributed by atoms with Gasteiger partial charge in [-0.05, 0) is 25.0 Å². The smallest absolute Gasteiger partial charge is 0.224 e. The monoisotopic (exact) mass is 235 g/mol. The van der Waals surface area contributed by atoms with E-state index in [0.717, 1.165) is 23.4 Å². The molecular formula is C13H17NO3. The van der Waals surface area contributed by atoms with E-state index in [9.17, 15) is 4.79 Å². The minimum absolute atomic E-state index is 0.0543. The molecule has 0 spiro atoms. The fourth-order valence-corrected chi connectivity index (χ4v) is 1.79. The summed E-state index contributed by atoms with van der Waals surface area (Å²) in [4.78, 5) is 11.3. The van der Waals surface area contributed by atoms with Crippen LogP contribution in [-0.2, 0) is 11.2 Å². The van der Waals surface area contributed by atoms with Crippen LogP contribution in [0, 0.1) is 0 Å². The summed E-state index contributed by atoms with van der Waals surface area (Å²) in [6.07, 6.45) is 1.58. The summed E-state index contributed by atoms with van der Waals surface area (Å²) in [5.74, 6) is 0.783. The molecule has 2 N–H and O–H groups in total. The second kappa shape index (κ2) is 5.19. The number of nitrogens with one attached hydrogen (secondary N) is 1. The van der Waals surface area contributed by atoms with Crippen molar-refractivity contribution in [2.24, 2.45) is 0 Å². The van der Waals surface area contributed by atoms with Gasteiger partial charge < -0.3 is 15.2 Å². The SMILES string of the molecule is CC(O)CCOc1ccc2c(c1)NC(=O)CC2. The standard InChI is InChI=1S/C13H17NO3/c1-9(15)6-7-17-11-4-2-10-3-5-13(16)14-12(10)8-11/h2,4,8-9,15H,3,5-7H2,1H3,(H,14,16). The number of anilines is 1. The molecule has 1 aromatic carbocycles. The van der Waals surface area contributed by atoms with Crippen LogP contribution in [0.15, 0.2) is 18.2 Å². The molecule has 1 aliphatic heterocycles. The Bertz CT molecular complexity index is 415. The number of rotatable bonds is 4. The van der Waals surface area contributed by atoms with Crippen molar-refractivity contribution in [1.29, 1.82) is 0 Å². The van der Waals surface area contributed by atoms with Crippen molar-refractivity contribution in [3.8, 4) is 5.75 Å². The molecule has 0 aliphatic carbocycles. The lowest BCUT2D eigenvalue weighted by molar-refractivity contribution is -0.116. The van der Waals surface area contributed by atoms with Gasteiger partial charge in [0.15, 0.2) is 0 Å². The highest BCUT2D eigenvalue weighted by molar-refractivity contribution is 5.94. The summed E-state index contributed by atoms with van der Waals surface area (Å²) in [5, 5.41) is 12.0. The van der Waals surface area contributed by atoms with Crippen molar-refractivity contribution in [3.05, 3.63) is 23.8 Å². The van der Waals surface area contributed by atoms with Gasteiger partial charge in [0.25, 0.3) is 0 Å². The van der Waals surface area contributed by atoms with Gasteiger partial charge in [0.05, 0.1) is 12.7 Å². The van der Waals surface area contributed by atoms with Gasteiger partial charge in [0, 0.05) is 24.6 Å². The summed E-state index contributed by atoms with van der Waals surface area (Å²) in [7, 11) is 0. The number of amides is 1. The van der Waals surface area contributed by atoms with Crippen LogP contribution in [0.2, 0.25) is 0 Å². The van der Waals surface area contributed by atoms with E-state index < -0.39 is 0 Å². The Morgan fingerprint density at radius 1 is 1.47 bits per heavy atom. The number of carbonyl (C=O) groups excluding carboxylic acids is 1. The van der Waals surface area contributed by atoms with Crippen LogP contribution >= 0.6 is 0 Å². The summed E-state index contributed by atoms with van der Waals surface area (Å²) < 4.78 is 5.51. The van der Waals surface area contributed by atoms with Gasteiger partial charge in [-0.15, -0.1) is 0 Å². The molecule has 0 radical (unpaired) electrons. The Morgan fingerprint density at radius 2 is 2.29 bits per heavy atom. The van der Waals surface area contributed by atoms with Crippen LogP contribution in [0.25, 0.3) is 0 Å². The maximum Gasteiger partial charge on any atom is 0.224 e. The number of carbonyl (C=O) groups is 1. The number of hydrogen-bond donors (Lipinski definition) is 2. The van der Waals surface area contributed by atoms with Crippen molar-refractivity contribution in [2.75, 3.05) is 11.9 Å². The molecule has 1 aromatic rings. The van der Waals surface area contributed by atoms with E-state index in [1.165, 1.54) is 0 Å². The Hall–Kier alpha value is -1.55. The molecule has 1 unspecified atom stereocenters. The molecule has 17 heavy (non-hydrogen) atoms. The van der Waals surface area contributed by atoms with E-state index in [0.29, 0.717) is 19.4 Å². The topological polar surface area (TPSA) is 58.6 Å². The van der Waals surface area contributed by atoms with Crippen molar-refractivity contribution in [1.82, 2.24) is 0 Å². The second-order valence-corrected chi connectivity index (χ2v) is 4.35. The van der Waals surface area contributed by atoms with Crippen LogP contribution in [0.5, 0.6) is 5.75 Å². The Balaban J connectivity index is 2.00.